The number of hydrogen-bond acceptors (Lipinski definition) is 5. The summed E-state index contributed by atoms with van der Waals surface area (Å²) < 4.78 is 0. The molecule has 9 heteroatoms. The van der Waals surface area contributed by atoms with Crippen LogP contribution in [0.2, 0.25) is 5.02 Å². The summed E-state index contributed by atoms with van der Waals surface area (Å²) in [5.74, 6) is -1.56. The van der Waals surface area contributed by atoms with Gasteiger partial charge in [-0.3, -0.25) is 34.4 Å². The molecule has 2 aliphatic heterocycles. The van der Waals surface area contributed by atoms with Gasteiger partial charge in [-0.25, -0.2) is 0 Å². The van der Waals surface area contributed by atoms with E-state index in [1.807, 2.05) is 19.1 Å². The highest BCUT2D eigenvalue weighted by Gasteiger charge is 2.45. The van der Waals surface area contributed by atoms with Crippen LogP contribution in [0, 0.1) is 12.8 Å². The Hall–Kier alpha value is -3.26. The molecular weight excluding hydrogens is 432 g/mol. The van der Waals surface area contributed by atoms with E-state index in [0.29, 0.717) is 22.0 Å². The summed E-state index contributed by atoms with van der Waals surface area (Å²) in [5, 5.41) is 5.74. The Balaban J connectivity index is 1.52. The number of amides is 4. The van der Waals surface area contributed by atoms with E-state index in [4.69, 9.17) is 11.6 Å². The molecule has 1 saturated heterocycles. The summed E-state index contributed by atoms with van der Waals surface area (Å²) in [4.78, 5) is 56.0. The number of halogens is 1. The van der Waals surface area contributed by atoms with Gasteiger partial charge in [0.15, 0.2) is 0 Å². The number of allylic oxidation sites excluding steroid dienone is 2. The average molecular weight is 455 g/mol. The molecule has 1 fully saturated rings. The first-order valence-electron chi connectivity index (χ1n) is 10.4. The van der Waals surface area contributed by atoms with Crippen LogP contribution in [-0.4, -0.2) is 53.0 Å². The number of rotatable bonds is 4. The molecule has 8 nitrogen and oxygen atoms in total. The molecule has 4 amide bonds. The number of aliphatic imine (C=N–C) groups is 1. The Kier molecular flexibility index (Phi) is 5.97. The molecule has 166 valence electrons. The van der Waals surface area contributed by atoms with Crippen molar-refractivity contribution in [3.63, 3.8) is 0 Å². The lowest BCUT2D eigenvalue weighted by Crippen LogP contribution is -2.60. The van der Waals surface area contributed by atoms with E-state index < -0.39 is 23.9 Å². The third-order valence-electron chi connectivity index (χ3n) is 5.94. The standard InChI is InChI=1S/C23H23ClN4O4/c1-12-10-14(6-7-16(12)24)21(30)25-11-15-4-3-5-17-20(15)23(32)28(13(2)26-17)18-8-9-19(29)27-22(18)31/h3-7,10,17-18,20H,8-9,11H2,1-2H3,(H,25,30)(H,27,29,31). The Morgan fingerprint density at radius 3 is 2.78 bits per heavy atom. The molecule has 32 heavy (non-hydrogen) atoms. The molecular formula is C23H23ClN4O4. The molecule has 0 bridgehead atoms. The molecule has 1 aromatic carbocycles. The number of hydrogen-bond donors (Lipinski definition) is 2. The minimum Gasteiger partial charge on any atom is -0.348 e. The molecule has 0 radical (unpaired) electrons. The van der Waals surface area contributed by atoms with Crippen LogP contribution in [0.3, 0.4) is 0 Å². The third-order valence-corrected chi connectivity index (χ3v) is 6.37. The van der Waals surface area contributed by atoms with Crippen LogP contribution >= 0.6 is 11.6 Å². The predicted molar refractivity (Wildman–Crippen MR) is 119 cm³/mol. The first kappa shape index (κ1) is 22.0. The van der Waals surface area contributed by atoms with Crippen LogP contribution in [0.1, 0.15) is 35.7 Å². The topological polar surface area (TPSA) is 108 Å². The van der Waals surface area contributed by atoms with Gasteiger partial charge in [0, 0.05) is 23.6 Å². The van der Waals surface area contributed by atoms with Crippen molar-refractivity contribution in [3.8, 4) is 0 Å². The van der Waals surface area contributed by atoms with Crippen LogP contribution in [-0.2, 0) is 14.4 Å². The number of piperidine rings is 1. The van der Waals surface area contributed by atoms with Gasteiger partial charge in [0.2, 0.25) is 17.7 Å². The number of amidine groups is 1. The van der Waals surface area contributed by atoms with E-state index in [1.54, 1.807) is 31.2 Å². The summed E-state index contributed by atoms with van der Waals surface area (Å²) in [6, 6.07) is 3.85. The van der Waals surface area contributed by atoms with Crippen molar-refractivity contribution in [3.05, 3.63) is 58.1 Å². The Labute approximate surface area is 190 Å². The number of nitrogens with zero attached hydrogens (tertiary/aromatic N) is 2. The van der Waals surface area contributed by atoms with E-state index in [-0.39, 0.29) is 37.1 Å². The monoisotopic (exact) mass is 454 g/mol. The zero-order chi connectivity index (χ0) is 23.0. The van der Waals surface area contributed by atoms with Gasteiger partial charge < -0.3 is 5.32 Å². The van der Waals surface area contributed by atoms with Crippen LogP contribution in [0.25, 0.3) is 0 Å². The fourth-order valence-electron chi connectivity index (χ4n) is 4.28. The minimum absolute atomic E-state index is 0.162. The Morgan fingerprint density at radius 2 is 2.06 bits per heavy atom. The molecule has 2 heterocycles. The van der Waals surface area contributed by atoms with Gasteiger partial charge in [0.25, 0.3) is 5.91 Å². The van der Waals surface area contributed by atoms with Gasteiger partial charge in [-0.2, -0.15) is 0 Å². The molecule has 1 aromatic rings. The molecule has 0 saturated carbocycles. The first-order valence-corrected chi connectivity index (χ1v) is 10.8. The highest BCUT2D eigenvalue weighted by Crippen LogP contribution is 2.31. The highest BCUT2D eigenvalue weighted by molar-refractivity contribution is 6.31. The lowest BCUT2D eigenvalue weighted by Gasteiger charge is -2.41. The van der Waals surface area contributed by atoms with Crippen molar-refractivity contribution in [1.29, 1.82) is 0 Å². The van der Waals surface area contributed by atoms with Gasteiger partial charge >= 0.3 is 0 Å². The van der Waals surface area contributed by atoms with E-state index in [1.165, 1.54) is 4.90 Å². The zero-order valence-electron chi connectivity index (χ0n) is 17.7. The predicted octanol–water partition coefficient (Wildman–Crippen LogP) is 1.93. The van der Waals surface area contributed by atoms with Crippen molar-refractivity contribution in [2.75, 3.05) is 6.54 Å². The van der Waals surface area contributed by atoms with Crippen LogP contribution in [0.15, 0.2) is 47.0 Å². The number of carbonyl (C=O) groups is 4. The van der Waals surface area contributed by atoms with Gasteiger partial charge in [-0.15, -0.1) is 0 Å². The molecule has 0 spiro atoms. The summed E-state index contributed by atoms with van der Waals surface area (Å²) in [6.07, 6.45) is 5.87. The quantitative estimate of drug-likeness (QED) is 0.677. The van der Waals surface area contributed by atoms with Gasteiger partial charge in [0.05, 0.1) is 12.0 Å². The summed E-state index contributed by atoms with van der Waals surface area (Å²) in [5.41, 5.74) is 1.98. The largest absolute Gasteiger partial charge is 0.348 e. The van der Waals surface area contributed by atoms with Crippen LogP contribution in [0.5, 0.6) is 0 Å². The van der Waals surface area contributed by atoms with Crippen LogP contribution in [0.4, 0.5) is 0 Å². The molecule has 3 unspecified atom stereocenters. The smallest absolute Gasteiger partial charge is 0.251 e. The van der Waals surface area contributed by atoms with Gasteiger partial charge in [-0.05, 0) is 49.6 Å². The van der Waals surface area contributed by atoms with Crippen molar-refractivity contribution in [2.45, 2.75) is 38.8 Å². The second-order valence-corrected chi connectivity index (χ2v) is 8.50. The lowest BCUT2D eigenvalue weighted by atomic mass is 9.84. The van der Waals surface area contributed by atoms with E-state index in [0.717, 1.165) is 5.56 Å². The molecule has 2 N–H and O–H groups in total. The Morgan fingerprint density at radius 1 is 1.28 bits per heavy atom. The van der Waals surface area contributed by atoms with Crippen molar-refractivity contribution in [1.82, 2.24) is 15.5 Å². The number of imide groups is 1. The van der Waals surface area contributed by atoms with Crippen molar-refractivity contribution in [2.24, 2.45) is 10.9 Å². The second kappa shape index (κ2) is 8.70. The highest BCUT2D eigenvalue weighted by atomic mass is 35.5. The summed E-state index contributed by atoms with van der Waals surface area (Å²) in [7, 11) is 0. The summed E-state index contributed by atoms with van der Waals surface area (Å²) >= 11 is 6.03. The number of fused-ring (bicyclic) bond motifs is 1. The minimum atomic E-state index is -0.774. The zero-order valence-corrected chi connectivity index (χ0v) is 18.5. The second-order valence-electron chi connectivity index (χ2n) is 8.09. The molecule has 3 aliphatic rings. The SMILES string of the molecule is CC1=NC2C=CC=C(CNC(=O)c3ccc(Cl)c(C)c3)C2C(=O)N1C1CCC(=O)NC1=O. The van der Waals surface area contributed by atoms with Crippen molar-refractivity contribution >= 4 is 41.1 Å². The van der Waals surface area contributed by atoms with E-state index in [9.17, 15) is 19.2 Å². The van der Waals surface area contributed by atoms with Gasteiger partial charge in [0.1, 0.15) is 11.9 Å². The molecule has 1 aliphatic carbocycles. The molecule has 0 aromatic heterocycles. The maximum absolute atomic E-state index is 13.5. The van der Waals surface area contributed by atoms with Crippen molar-refractivity contribution < 1.29 is 19.2 Å². The van der Waals surface area contributed by atoms with Gasteiger partial charge in [-0.1, -0.05) is 29.8 Å². The molecule has 4 rings (SSSR count). The fraction of sp³-hybridized carbons (Fsp3) is 0.348. The number of benzene rings is 1. The third kappa shape index (κ3) is 4.10. The summed E-state index contributed by atoms with van der Waals surface area (Å²) in [6.45, 7) is 3.67. The maximum atomic E-state index is 13.5. The van der Waals surface area contributed by atoms with E-state index in [2.05, 4.69) is 15.6 Å². The number of carbonyl (C=O) groups excluding carboxylic acids is 4. The number of aryl methyl sites for hydroxylation is 1. The molecule has 3 atom stereocenters. The Bertz CT molecular complexity index is 1110. The first-order chi connectivity index (χ1) is 15.3. The van der Waals surface area contributed by atoms with Crippen LogP contribution < -0.4 is 10.6 Å². The average Bonchev–Trinajstić information content (AvgIpc) is 2.75. The lowest BCUT2D eigenvalue weighted by molar-refractivity contribution is -0.144. The number of nitrogens with one attached hydrogen (secondary N) is 2. The van der Waals surface area contributed by atoms with E-state index >= 15 is 0 Å². The fourth-order valence-corrected chi connectivity index (χ4v) is 4.40. The maximum Gasteiger partial charge on any atom is 0.251 e. The normalized spacial score (nSPS) is 25.0.